The highest BCUT2D eigenvalue weighted by atomic mass is 79.9. The molecule has 0 aromatic heterocycles. The van der Waals surface area contributed by atoms with Gasteiger partial charge in [-0.1, -0.05) is 15.9 Å². The fourth-order valence-corrected chi connectivity index (χ4v) is 1.58. The van der Waals surface area contributed by atoms with E-state index in [0.29, 0.717) is 5.75 Å². The van der Waals surface area contributed by atoms with E-state index in [1.165, 1.54) is 0 Å². The first-order chi connectivity index (χ1) is 7.78. The maximum atomic E-state index is 5.04. The molecule has 2 aromatic rings. The normalized spacial score (nSPS) is 9.88. The first kappa shape index (κ1) is 11.0. The second kappa shape index (κ2) is 5.01. The highest BCUT2D eigenvalue weighted by molar-refractivity contribution is 9.10. The van der Waals surface area contributed by atoms with E-state index in [2.05, 4.69) is 26.1 Å². The zero-order chi connectivity index (χ0) is 11.4. The lowest BCUT2D eigenvalue weighted by molar-refractivity contribution is 0.334. The molecule has 3 nitrogen and oxygen atoms in total. The number of halogens is 1. The van der Waals surface area contributed by atoms with Crippen LogP contribution in [0.2, 0.25) is 0 Å². The molecule has 0 atom stereocenters. The van der Waals surface area contributed by atoms with Crippen molar-refractivity contribution in [2.24, 2.45) is 5.90 Å². The van der Waals surface area contributed by atoms with Gasteiger partial charge in [0.05, 0.1) is 0 Å². The van der Waals surface area contributed by atoms with Crippen LogP contribution < -0.4 is 16.1 Å². The minimum absolute atomic E-state index is 0.640. The lowest BCUT2D eigenvalue weighted by atomic mass is 10.2. The van der Waals surface area contributed by atoms with Crippen LogP contribution in [0.15, 0.2) is 53.0 Å². The van der Waals surface area contributed by atoms with Crippen LogP contribution in [-0.2, 0) is 0 Å². The van der Waals surface area contributed by atoms with Crippen LogP contribution in [0.4, 0.5) is 11.4 Å². The van der Waals surface area contributed by atoms with Gasteiger partial charge in [-0.15, -0.1) is 0 Å². The van der Waals surface area contributed by atoms with E-state index in [1.807, 2.05) is 36.4 Å². The van der Waals surface area contributed by atoms with Crippen molar-refractivity contribution < 1.29 is 4.84 Å². The lowest BCUT2D eigenvalue weighted by Crippen LogP contribution is -2.01. The molecular weight excluding hydrogens is 268 g/mol. The molecule has 16 heavy (non-hydrogen) atoms. The van der Waals surface area contributed by atoms with Gasteiger partial charge in [0.2, 0.25) is 0 Å². The van der Waals surface area contributed by atoms with Crippen molar-refractivity contribution in [2.45, 2.75) is 0 Å². The molecule has 0 bridgehead atoms. The van der Waals surface area contributed by atoms with Crippen molar-refractivity contribution >= 4 is 27.3 Å². The Labute approximate surface area is 102 Å². The SMILES string of the molecule is NOc1ccc(Nc2ccc(Br)cc2)cc1. The first-order valence-corrected chi connectivity index (χ1v) is 5.56. The molecule has 82 valence electrons. The Hall–Kier alpha value is -1.52. The van der Waals surface area contributed by atoms with Gasteiger partial charge in [-0.2, -0.15) is 5.90 Å². The van der Waals surface area contributed by atoms with E-state index < -0.39 is 0 Å². The third-order valence-corrected chi connectivity index (χ3v) is 2.65. The topological polar surface area (TPSA) is 47.3 Å². The number of hydrogen-bond donors (Lipinski definition) is 2. The Bertz CT molecular complexity index is 453. The first-order valence-electron chi connectivity index (χ1n) is 4.77. The second-order valence-corrected chi connectivity index (χ2v) is 4.19. The summed E-state index contributed by atoms with van der Waals surface area (Å²) in [6, 6.07) is 15.4. The van der Waals surface area contributed by atoms with E-state index in [1.54, 1.807) is 12.1 Å². The van der Waals surface area contributed by atoms with Gasteiger partial charge >= 0.3 is 0 Å². The van der Waals surface area contributed by atoms with Gasteiger partial charge in [0, 0.05) is 15.8 Å². The number of anilines is 2. The summed E-state index contributed by atoms with van der Waals surface area (Å²) in [5.41, 5.74) is 2.02. The maximum Gasteiger partial charge on any atom is 0.146 e. The fraction of sp³-hybridized carbons (Fsp3) is 0. The van der Waals surface area contributed by atoms with Gasteiger partial charge in [-0.25, -0.2) is 0 Å². The van der Waals surface area contributed by atoms with Crippen LogP contribution in [-0.4, -0.2) is 0 Å². The Morgan fingerprint density at radius 2 is 1.38 bits per heavy atom. The highest BCUT2D eigenvalue weighted by Crippen LogP contribution is 2.21. The molecule has 3 N–H and O–H groups in total. The zero-order valence-electron chi connectivity index (χ0n) is 8.48. The molecule has 0 radical (unpaired) electrons. The number of rotatable bonds is 3. The molecule has 0 spiro atoms. The van der Waals surface area contributed by atoms with Gasteiger partial charge in [0.1, 0.15) is 5.75 Å². The smallest absolute Gasteiger partial charge is 0.146 e. The molecule has 0 fully saturated rings. The van der Waals surface area contributed by atoms with Gasteiger partial charge in [0.25, 0.3) is 0 Å². The Kier molecular flexibility index (Phi) is 3.44. The zero-order valence-corrected chi connectivity index (χ0v) is 10.1. The summed E-state index contributed by atoms with van der Waals surface area (Å²) in [6.07, 6.45) is 0. The van der Waals surface area contributed by atoms with Crippen LogP contribution in [0.5, 0.6) is 5.75 Å². The predicted molar refractivity (Wildman–Crippen MR) is 68.7 cm³/mol. The summed E-state index contributed by atoms with van der Waals surface area (Å²) in [6.45, 7) is 0. The van der Waals surface area contributed by atoms with Gasteiger partial charge < -0.3 is 10.2 Å². The van der Waals surface area contributed by atoms with Crippen molar-refractivity contribution in [2.75, 3.05) is 5.32 Å². The van der Waals surface area contributed by atoms with Crippen LogP contribution in [0, 0.1) is 0 Å². The van der Waals surface area contributed by atoms with Crippen molar-refractivity contribution in [3.63, 3.8) is 0 Å². The Balaban J connectivity index is 2.11. The number of nitrogens with one attached hydrogen (secondary N) is 1. The summed E-state index contributed by atoms with van der Waals surface area (Å²) in [5, 5.41) is 3.27. The second-order valence-electron chi connectivity index (χ2n) is 3.27. The van der Waals surface area contributed by atoms with Crippen LogP contribution in [0.3, 0.4) is 0 Å². The minimum Gasteiger partial charge on any atom is -0.412 e. The average molecular weight is 279 g/mol. The molecule has 0 saturated carbocycles. The predicted octanol–water partition coefficient (Wildman–Crippen LogP) is 3.45. The van der Waals surface area contributed by atoms with E-state index in [4.69, 9.17) is 5.90 Å². The molecule has 4 heteroatoms. The van der Waals surface area contributed by atoms with Crippen molar-refractivity contribution in [3.05, 3.63) is 53.0 Å². The monoisotopic (exact) mass is 278 g/mol. The largest absolute Gasteiger partial charge is 0.412 e. The van der Waals surface area contributed by atoms with E-state index in [-0.39, 0.29) is 0 Å². The molecule has 0 aliphatic heterocycles. The molecule has 0 saturated heterocycles. The number of nitrogens with two attached hydrogens (primary N) is 1. The lowest BCUT2D eigenvalue weighted by Gasteiger charge is -2.06. The van der Waals surface area contributed by atoms with E-state index in [0.717, 1.165) is 15.8 Å². The van der Waals surface area contributed by atoms with Crippen molar-refractivity contribution in [1.29, 1.82) is 0 Å². The highest BCUT2D eigenvalue weighted by Gasteiger charge is 1.95. The summed E-state index contributed by atoms with van der Waals surface area (Å²) < 4.78 is 1.06. The molecular formula is C12H11BrN2O. The van der Waals surface area contributed by atoms with Crippen LogP contribution in [0.1, 0.15) is 0 Å². The number of hydrogen-bond acceptors (Lipinski definition) is 3. The van der Waals surface area contributed by atoms with Crippen molar-refractivity contribution in [1.82, 2.24) is 0 Å². The molecule has 2 aromatic carbocycles. The molecule has 2 rings (SSSR count). The third-order valence-electron chi connectivity index (χ3n) is 2.12. The minimum atomic E-state index is 0.640. The summed E-state index contributed by atoms with van der Waals surface area (Å²) in [7, 11) is 0. The summed E-state index contributed by atoms with van der Waals surface area (Å²) in [5.74, 6) is 5.68. The average Bonchev–Trinajstić information content (AvgIpc) is 2.33. The van der Waals surface area contributed by atoms with Gasteiger partial charge in [-0.05, 0) is 48.5 Å². The molecule has 0 amide bonds. The fourth-order valence-electron chi connectivity index (χ4n) is 1.32. The van der Waals surface area contributed by atoms with Crippen LogP contribution in [0.25, 0.3) is 0 Å². The van der Waals surface area contributed by atoms with Gasteiger partial charge in [0.15, 0.2) is 0 Å². The van der Waals surface area contributed by atoms with E-state index in [9.17, 15) is 0 Å². The Morgan fingerprint density at radius 3 is 1.88 bits per heavy atom. The summed E-state index contributed by atoms with van der Waals surface area (Å²) >= 11 is 3.39. The maximum absolute atomic E-state index is 5.04. The standard InChI is InChI=1S/C12H11BrN2O/c13-9-1-3-10(4-2-9)15-11-5-7-12(16-14)8-6-11/h1-8,15H,14H2. The van der Waals surface area contributed by atoms with Crippen molar-refractivity contribution in [3.8, 4) is 5.75 Å². The van der Waals surface area contributed by atoms with Crippen LogP contribution >= 0.6 is 15.9 Å². The quantitative estimate of drug-likeness (QED) is 0.846. The summed E-state index contributed by atoms with van der Waals surface area (Å²) in [4.78, 5) is 4.60. The van der Waals surface area contributed by atoms with E-state index >= 15 is 0 Å². The van der Waals surface area contributed by atoms with Gasteiger partial charge in [-0.3, -0.25) is 0 Å². The number of benzene rings is 2. The molecule has 0 unspecified atom stereocenters. The molecule has 0 aliphatic rings. The molecule has 0 heterocycles. The third kappa shape index (κ3) is 2.74. The Morgan fingerprint density at radius 1 is 0.875 bits per heavy atom. The molecule has 0 aliphatic carbocycles.